The fourth-order valence-electron chi connectivity index (χ4n) is 1.26. The molecule has 1 aromatic carbocycles. The van der Waals surface area contributed by atoms with E-state index in [1.807, 2.05) is 6.92 Å². The summed E-state index contributed by atoms with van der Waals surface area (Å²) in [6.07, 6.45) is 0. The minimum absolute atomic E-state index is 0.0925. The Bertz CT molecular complexity index is 415. The van der Waals surface area contributed by atoms with Crippen molar-refractivity contribution in [1.82, 2.24) is 0 Å². The minimum Gasteiger partial charge on any atom is -0.397 e. The van der Waals surface area contributed by atoms with E-state index in [1.165, 1.54) is 11.8 Å². The normalized spacial score (nSPS) is 12.2. The third-order valence-electron chi connectivity index (χ3n) is 2.30. The highest BCUT2D eigenvalue weighted by Crippen LogP contribution is 2.24. The van der Waals surface area contributed by atoms with Gasteiger partial charge in [-0.2, -0.15) is 0 Å². The number of amides is 1. The summed E-state index contributed by atoms with van der Waals surface area (Å²) in [6.45, 7) is 2.47. The Morgan fingerprint density at radius 1 is 1.61 bits per heavy atom. The molecule has 3 N–H and O–H groups in total. The number of methoxy groups -OCH3 is 1. The van der Waals surface area contributed by atoms with Crippen molar-refractivity contribution in [2.75, 3.05) is 30.5 Å². The molecule has 1 atom stereocenters. The highest BCUT2D eigenvalue weighted by molar-refractivity contribution is 8.00. The first-order chi connectivity index (χ1) is 8.54. The molecule has 6 heteroatoms. The highest BCUT2D eigenvalue weighted by Gasteiger charge is 2.14. The number of hydrogen-bond donors (Lipinski definition) is 2. The summed E-state index contributed by atoms with van der Waals surface area (Å²) in [5.74, 6) is 0.681. The van der Waals surface area contributed by atoms with Gasteiger partial charge in [-0.05, 0) is 25.1 Å². The van der Waals surface area contributed by atoms with E-state index in [4.69, 9.17) is 22.1 Å². The third kappa shape index (κ3) is 4.76. The molecule has 0 fully saturated rings. The second-order valence-corrected chi connectivity index (χ2v) is 5.61. The lowest BCUT2D eigenvalue weighted by atomic mass is 10.2. The van der Waals surface area contributed by atoms with Gasteiger partial charge < -0.3 is 15.8 Å². The first-order valence-corrected chi connectivity index (χ1v) is 6.93. The fourth-order valence-corrected chi connectivity index (χ4v) is 2.25. The van der Waals surface area contributed by atoms with Gasteiger partial charge in [0.05, 0.1) is 23.2 Å². The topological polar surface area (TPSA) is 64.3 Å². The molecule has 0 heterocycles. The third-order valence-corrected chi connectivity index (χ3v) is 3.65. The zero-order valence-corrected chi connectivity index (χ0v) is 12.0. The van der Waals surface area contributed by atoms with Crippen molar-refractivity contribution in [3.05, 3.63) is 23.2 Å². The molecule has 0 bridgehead atoms. The van der Waals surface area contributed by atoms with Crippen LogP contribution in [0.3, 0.4) is 0 Å². The van der Waals surface area contributed by atoms with Crippen LogP contribution < -0.4 is 11.1 Å². The maximum Gasteiger partial charge on any atom is 0.237 e. The summed E-state index contributed by atoms with van der Waals surface area (Å²) in [7, 11) is 1.64. The van der Waals surface area contributed by atoms with Gasteiger partial charge in [0.25, 0.3) is 0 Å². The Morgan fingerprint density at radius 2 is 2.33 bits per heavy atom. The molecule has 1 aromatic rings. The summed E-state index contributed by atoms with van der Waals surface area (Å²) in [4.78, 5) is 11.9. The molecule has 100 valence electrons. The number of ether oxygens (including phenoxy) is 1. The Morgan fingerprint density at radius 3 is 3.00 bits per heavy atom. The quantitative estimate of drug-likeness (QED) is 0.624. The molecule has 0 aliphatic rings. The number of rotatable bonds is 6. The molecule has 1 rings (SSSR count). The van der Waals surface area contributed by atoms with E-state index in [9.17, 15) is 4.79 Å². The van der Waals surface area contributed by atoms with E-state index in [0.29, 0.717) is 23.0 Å². The molecular weight excluding hydrogens is 272 g/mol. The molecule has 0 radical (unpaired) electrons. The molecule has 1 amide bonds. The molecule has 18 heavy (non-hydrogen) atoms. The van der Waals surface area contributed by atoms with Crippen LogP contribution in [0.15, 0.2) is 18.2 Å². The van der Waals surface area contributed by atoms with Crippen LogP contribution in [-0.2, 0) is 9.53 Å². The minimum atomic E-state index is -0.168. The van der Waals surface area contributed by atoms with Crippen LogP contribution in [0.5, 0.6) is 0 Å². The summed E-state index contributed by atoms with van der Waals surface area (Å²) in [6, 6.07) is 4.99. The van der Waals surface area contributed by atoms with Gasteiger partial charge >= 0.3 is 0 Å². The predicted molar refractivity (Wildman–Crippen MR) is 78.3 cm³/mol. The van der Waals surface area contributed by atoms with Gasteiger partial charge in [0.1, 0.15) is 0 Å². The largest absolute Gasteiger partial charge is 0.397 e. The number of benzene rings is 1. The molecule has 0 aliphatic carbocycles. The summed E-state index contributed by atoms with van der Waals surface area (Å²) < 4.78 is 4.94. The molecule has 0 aliphatic heterocycles. The van der Waals surface area contributed by atoms with Crippen LogP contribution in [-0.4, -0.2) is 30.6 Å². The fraction of sp³-hybridized carbons (Fsp3) is 0.417. The summed E-state index contributed by atoms with van der Waals surface area (Å²) in [5, 5.41) is 3.14. The van der Waals surface area contributed by atoms with Crippen LogP contribution in [0.2, 0.25) is 5.02 Å². The Labute approximate surface area is 116 Å². The Kier molecular flexibility index (Phi) is 6.32. The molecule has 1 unspecified atom stereocenters. The van der Waals surface area contributed by atoms with Crippen molar-refractivity contribution in [3.63, 3.8) is 0 Å². The number of nitrogens with two attached hydrogens (primary N) is 1. The Balaban J connectivity index is 2.55. The molecule has 0 aromatic heterocycles. The zero-order valence-electron chi connectivity index (χ0n) is 10.4. The van der Waals surface area contributed by atoms with Crippen molar-refractivity contribution in [1.29, 1.82) is 0 Å². The lowest BCUT2D eigenvalue weighted by Gasteiger charge is -2.13. The SMILES string of the molecule is COCCSC(C)C(=O)Nc1cc(Cl)ccc1N. The van der Waals surface area contributed by atoms with Gasteiger partial charge in [-0.1, -0.05) is 11.6 Å². The number of thioether (sulfide) groups is 1. The van der Waals surface area contributed by atoms with Gasteiger partial charge in [-0.3, -0.25) is 4.79 Å². The Hall–Kier alpha value is -0.910. The average molecular weight is 289 g/mol. The number of nitrogens with one attached hydrogen (secondary N) is 1. The predicted octanol–water partition coefficient (Wildman–Crippen LogP) is 2.63. The van der Waals surface area contributed by atoms with E-state index >= 15 is 0 Å². The van der Waals surface area contributed by atoms with Crippen LogP contribution in [0, 0.1) is 0 Å². The van der Waals surface area contributed by atoms with Crippen molar-refractivity contribution in [2.45, 2.75) is 12.2 Å². The van der Waals surface area contributed by atoms with Crippen LogP contribution in [0.1, 0.15) is 6.92 Å². The molecular formula is C12H17ClN2O2S. The van der Waals surface area contributed by atoms with Crippen molar-refractivity contribution in [2.24, 2.45) is 0 Å². The second kappa shape index (κ2) is 7.51. The average Bonchev–Trinajstić information content (AvgIpc) is 2.34. The maximum atomic E-state index is 11.9. The number of carbonyl (C=O) groups excluding carboxylic acids is 1. The number of carbonyl (C=O) groups is 1. The highest BCUT2D eigenvalue weighted by atomic mass is 35.5. The van der Waals surface area contributed by atoms with Gasteiger partial charge in [-0.15, -0.1) is 11.8 Å². The second-order valence-electron chi connectivity index (χ2n) is 3.73. The number of nitrogen functional groups attached to an aromatic ring is 1. The van der Waals surface area contributed by atoms with Crippen LogP contribution >= 0.6 is 23.4 Å². The zero-order chi connectivity index (χ0) is 13.5. The van der Waals surface area contributed by atoms with Crippen molar-refractivity contribution in [3.8, 4) is 0 Å². The standard InChI is InChI=1S/C12H17ClN2O2S/c1-8(18-6-5-17-2)12(16)15-11-7-9(13)3-4-10(11)14/h3-4,7-8H,5-6,14H2,1-2H3,(H,15,16). The van der Waals surface area contributed by atoms with Crippen molar-refractivity contribution < 1.29 is 9.53 Å². The molecule has 0 saturated carbocycles. The molecule has 4 nitrogen and oxygen atoms in total. The van der Waals surface area contributed by atoms with Gasteiger partial charge in [-0.25, -0.2) is 0 Å². The number of halogens is 1. The number of anilines is 2. The summed E-state index contributed by atoms with van der Waals surface area (Å²) in [5.41, 5.74) is 6.81. The molecule has 0 saturated heterocycles. The van der Waals surface area contributed by atoms with E-state index < -0.39 is 0 Å². The lowest BCUT2D eigenvalue weighted by molar-refractivity contribution is -0.115. The number of hydrogen-bond acceptors (Lipinski definition) is 4. The van der Waals surface area contributed by atoms with Crippen molar-refractivity contribution >= 4 is 40.6 Å². The van der Waals surface area contributed by atoms with Gasteiger partial charge in [0.2, 0.25) is 5.91 Å². The van der Waals surface area contributed by atoms with E-state index in [2.05, 4.69) is 5.32 Å². The lowest BCUT2D eigenvalue weighted by Crippen LogP contribution is -2.23. The van der Waals surface area contributed by atoms with Crippen LogP contribution in [0.25, 0.3) is 0 Å². The molecule has 0 spiro atoms. The van der Waals surface area contributed by atoms with E-state index in [-0.39, 0.29) is 11.2 Å². The van der Waals surface area contributed by atoms with Crippen LogP contribution in [0.4, 0.5) is 11.4 Å². The first kappa shape index (κ1) is 15.1. The maximum absolute atomic E-state index is 11.9. The van der Waals surface area contributed by atoms with E-state index in [1.54, 1.807) is 25.3 Å². The smallest absolute Gasteiger partial charge is 0.237 e. The summed E-state index contributed by atoms with van der Waals surface area (Å²) >= 11 is 7.38. The van der Waals surface area contributed by atoms with Gasteiger partial charge in [0, 0.05) is 17.9 Å². The van der Waals surface area contributed by atoms with E-state index in [0.717, 1.165) is 5.75 Å². The monoisotopic (exact) mass is 288 g/mol. The first-order valence-electron chi connectivity index (χ1n) is 5.51. The van der Waals surface area contributed by atoms with Gasteiger partial charge in [0.15, 0.2) is 0 Å².